The van der Waals surface area contributed by atoms with Crippen LogP contribution in [0.2, 0.25) is 0 Å². The molecule has 2 heterocycles. The van der Waals surface area contributed by atoms with Crippen molar-refractivity contribution in [3.63, 3.8) is 0 Å². The van der Waals surface area contributed by atoms with E-state index in [2.05, 4.69) is 36.0 Å². The number of hydrogen-bond donors (Lipinski definition) is 0. The molecule has 0 spiro atoms. The summed E-state index contributed by atoms with van der Waals surface area (Å²) < 4.78 is 11.2. The largest absolute Gasteiger partial charge is 0.419 e. The molecule has 0 atom stereocenters. The molecule has 8 heteroatoms. The summed E-state index contributed by atoms with van der Waals surface area (Å²) in [6.45, 7) is 10.9. The highest BCUT2D eigenvalue weighted by Gasteiger charge is 2.18. The maximum absolute atomic E-state index is 8.12. The van der Waals surface area contributed by atoms with Gasteiger partial charge >= 0.3 is 6.15 Å². The lowest BCUT2D eigenvalue weighted by Gasteiger charge is -2.14. The van der Waals surface area contributed by atoms with Crippen molar-refractivity contribution >= 4 is 17.5 Å². The second-order valence-corrected chi connectivity index (χ2v) is 7.18. The van der Waals surface area contributed by atoms with Gasteiger partial charge in [-0.1, -0.05) is 20.8 Å². The number of nitrogens with zero attached hydrogens (tertiary/aromatic N) is 3. The molecule has 0 aliphatic carbocycles. The van der Waals surface area contributed by atoms with Gasteiger partial charge in [0.2, 0.25) is 5.89 Å². The Morgan fingerprint density at radius 1 is 1.30 bits per heavy atom. The fraction of sp³-hybridized carbons (Fsp3) is 0.600. The minimum atomic E-state index is 0.128. The maximum Gasteiger partial charge on any atom is 0.373 e. The van der Waals surface area contributed by atoms with Crippen molar-refractivity contribution < 1.29 is 18.7 Å². The molecule has 0 radical (unpaired) electrons. The van der Waals surface area contributed by atoms with Crippen LogP contribution in [0, 0.1) is 5.41 Å². The number of hydrogen-bond acceptors (Lipinski definition) is 8. The van der Waals surface area contributed by atoms with Crippen LogP contribution < -0.4 is 0 Å². The van der Waals surface area contributed by atoms with Gasteiger partial charge in [0.05, 0.1) is 18.4 Å². The van der Waals surface area contributed by atoms with Crippen molar-refractivity contribution in [3.8, 4) is 10.9 Å². The third kappa shape index (κ3) is 7.27. The molecule has 2 rings (SSSR count). The van der Waals surface area contributed by atoms with Gasteiger partial charge in [-0.3, -0.25) is 0 Å². The van der Waals surface area contributed by atoms with Crippen LogP contribution in [0.4, 0.5) is 0 Å². The molecule has 0 aliphatic heterocycles. The molecule has 2 aromatic heterocycles. The fourth-order valence-corrected chi connectivity index (χ4v) is 2.31. The van der Waals surface area contributed by atoms with E-state index in [1.807, 2.05) is 19.2 Å². The lowest BCUT2D eigenvalue weighted by atomic mass is 9.92. The van der Waals surface area contributed by atoms with Gasteiger partial charge in [-0.05, 0) is 19.3 Å². The second kappa shape index (κ2) is 8.67. The maximum atomic E-state index is 8.12. The molecule has 0 N–H and O–H groups in total. The van der Waals surface area contributed by atoms with E-state index >= 15 is 0 Å². The van der Waals surface area contributed by atoms with Crippen molar-refractivity contribution in [2.24, 2.45) is 5.41 Å². The number of aromatic nitrogens is 3. The van der Waals surface area contributed by atoms with Gasteiger partial charge in [0.15, 0.2) is 5.01 Å². The Balaban J connectivity index is 0.000000816. The quantitative estimate of drug-likeness (QED) is 0.825. The van der Waals surface area contributed by atoms with Gasteiger partial charge in [0.25, 0.3) is 5.89 Å². The number of ether oxygens (including phenoxy) is 1. The molecule has 0 unspecified atom stereocenters. The van der Waals surface area contributed by atoms with Crippen LogP contribution in [0.5, 0.6) is 0 Å². The summed E-state index contributed by atoms with van der Waals surface area (Å²) in [5.41, 5.74) is 1.03. The smallest absolute Gasteiger partial charge is 0.373 e. The number of rotatable bonds is 5. The molecule has 7 nitrogen and oxygen atoms in total. The third-order valence-corrected chi connectivity index (χ3v) is 3.33. The minimum absolute atomic E-state index is 0.128. The molecule has 0 saturated heterocycles. The SMILES string of the molecule is CC(C)OCc1csc(-c2nnc(CC(C)(C)C)o2)n1.O=C=O. The van der Waals surface area contributed by atoms with Crippen LogP contribution in [0.1, 0.15) is 46.2 Å². The molecule has 0 aromatic carbocycles. The third-order valence-electron chi connectivity index (χ3n) is 2.45. The van der Waals surface area contributed by atoms with Crippen molar-refractivity contribution in [3.05, 3.63) is 17.0 Å². The van der Waals surface area contributed by atoms with Crippen LogP contribution in [0.3, 0.4) is 0 Å². The first-order valence-electron chi connectivity index (χ1n) is 7.13. The van der Waals surface area contributed by atoms with Crippen LogP contribution >= 0.6 is 11.3 Å². The summed E-state index contributed by atoms with van der Waals surface area (Å²) in [6.07, 6.45) is 1.20. The highest BCUT2D eigenvalue weighted by Crippen LogP contribution is 2.25. The lowest BCUT2D eigenvalue weighted by Crippen LogP contribution is -2.09. The van der Waals surface area contributed by atoms with E-state index < -0.39 is 0 Å². The van der Waals surface area contributed by atoms with Gasteiger partial charge in [-0.25, -0.2) is 4.98 Å². The molecule has 0 amide bonds. The van der Waals surface area contributed by atoms with Gasteiger partial charge < -0.3 is 9.15 Å². The standard InChI is InChI=1S/C14H21N3O2S.CO2/c1-9(2)18-7-10-8-20-13(15-10)12-17-16-11(19-12)6-14(3,4)5;2-1-3/h8-9H,6-7H2,1-5H3;. The Kier molecular flexibility index (Phi) is 7.22. The van der Waals surface area contributed by atoms with Crippen molar-refractivity contribution in [1.29, 1.82) is 0 Å². The number of carbonyl (C=O) groups excluding carboxylic acids is 2. The van der Waals surface area contributed by atoms with E-state index in [1.54, 1.807) is 0 Å². The summed E-state index contributed by atoms with van der Waals surface area (Å²) in [6, 6.07) is 0. The molecule has 0 bridgehead atoms. The average molecular weight is 339 g/mol. The van der Waals surface area contributed by atoms with E-state index in [-0.39, 0.29) is 17.7 Å². The van der Waals surface area contributed by atoms with Crippen molar-refractivity contribution in [2.45, 2.75) is 53.8 Å². The molecule has 0 saturated carbocycles. The average Bonchev–Trinajstić information content (AvgIpc) is 3.04. The highest BCUT2D eigenvalue weighted by atomic mass is 32.1. The second-order valence-electron chi connectivity index (χ2n) is 6.33. The Morgan fingerprint density at radius 2 is 1.96 bits per heavy atom. The first kappa shape index (κ1) is 19.2. The predicted molar refractivity (Wildman–Crippen MR) is 83.5 cm³/mol. The van der Waals surface area contributed by atoms with Crippen LogP contribution in [0.25, 0.3) is 10.9 Å². The monoisotopic (exact) mass is 339 g/mol. The Bertz CT molecular complexity index is 637. The lowest BCUT2D eigenvalue weighted by molar-refractivity contribution is -0.191. The predicted octanol–water partition coefficient (Wildman–Crippen LogP) is 3.12. The zero-order valence-corrected chi connectivity index (χ0v) is 14.8. The van der Waals surface area contributed by atoms with Gasteiger partial charge in [0.1, 0.15) is 0 Å². The summed E-state index contributed by atoms with van der Waals surface area (Å²) in [4.78, 5) is 20.7. The van der Waals surface area contributed by atoms with Crippen molar-refractivity contribution in [2.75, 3.05) is 0 Å². The fourth-order valence-electron chi connectivity index (χ4n) is 1.59. The van der Waals surface area contributed by atoms with E-state index in [1.165, 1.54) is 11.3 Å². The Hall–Kier alpha value is -1.89. The van der Waals surface area contributed by atoms with Crippen LogP contribution in [-0.4, -0.2) is 27.4 Å². The van der Waals surface area contributed by atoms with Gasteiger partial charge in [-0.15, -0.1) is 21.5 Å². The van der Waals surface area contributed by atoms with Gasteiger partial charge in [0, 0.05) is 11.8 Å². The zero-order chi connectivity index (χ0) is 17.5. The molecular weight excluding hydrogens is 318 g/mol. The molecule has 23 heavy (non-hydrogen) atoms. The normalized spacial score (nSPS) is 11.0. The Morgan fingerprint density at radius 3 is 2.52 bits per heavy atom. The first-order chi connectivity index (χ1) is 10.7. The molecule has 0 fully saturated rings. The summed E-state index contributed by atoms with van der Waals surface area (Å²) in [7, 11) is 0. The first-order valence-corrected chi connectivity index (χ1v) is 8.01. The Labute approximate surface area is 139 Å². The van der Waals surface area contributed by atoms with Crippen molar-refractivity contribution in [1.82, 2.24) is 15.2 Å². The highest BCUT2D eigenvalue weighted by molar-refractivity contribution is 7.13. The molecule has 0 aliphatic rings. The van der Waals surface area contributed by atoms with Gasteiger partial charge in [-0.2, -0.15) is 9.59 Å². The zero-order valence-electron chi connectivity index (χ0n) is 14.0. The van der Waals surface area contributed by atoms with E-state index in [9.17, 15) is 0 Å². The van der Waals surface area contributed by atoms with E-state index in [4.69, 9.17) is 18.7 Å². The van der Waals surface area contributed by atoms with Crippen LogP contribution in [-0.2, 0) is 27.4 Å². The van der Waals surface area contributed by atoms with E-state index in [0.717, 1.165) is 17.1 Å². The van der Waals surface area contributed by atoms with Crippen LogP contribution in [0.15, 0.2) is 9.80 Å². The summed E-state index contributed by atoms with van der Waals surface area (Å²) >= 11 is 1.50. The topological polar surface area (TPSA) is 95.2 Å². The summed E-state index contributed by atoms with van der Waals surface area (Å²) in [5.74, 6) is 1.15. The minimum Gasteiger partial charge on any atom is -0.419 e. The molecule has 2 aromatic rings. The molecular formula is C15H21N3O4S. The summed E-state index contributed by atoms with van der Waals surface area (Å²) in [5, 5.41) is 10.9. The molecule has 126 valence electrons. The van der Waals surface area contributed by atoms with E-state index in [0.29, 0.717) is 18.4 Å². The number of thiazole rings is 1.